The monoisotopic (exact) mass is 573 g/mol. The van der Waals surface area contributed by atoms with Crippen molar-refractivity contribution in [2.45, 2.75) is 72.9 Å². The first-order chi connectivity index (χ1) is 18.3. The van der Waals surface area contributed by atoms with Crippen molar-refractivity contribution in [2.75, 3.05) is 54.6 Å². The maximum Gasteiger partial charge on any atom is 0.241 e. The van der Waals surface area contributed by atoms with Gasteiger partial charge >= 0.3 is 0 Å². The third-order valence-electron chi connectivity index (χ3n) is 3.28. The van der Waals surface area contributed by atoms with Gasteiger partial charge in [0, 0.05) is 33.7 Å². The summed E-state index contributed by atoms with van der Waals surface area (Å²) >= 11 is 0. The molecule has 3 amide bonds. The highest BCUT2D eigenvalue weighted by molar-refractivity contribution is 5.87. The van der Waals surface area contributed by atoms with Crippen LogP contribution in [0.15, 0.2) is 0 Å². The van der Waals surface area contributed by atoms with Gasteiger partial charge in [0.15, 0.2) is 1.41 Å². The zero-order chi connectivity index (χ0) is 32.2. The van der Waals surface area contributed by atoms with Crippen molar-refractivity contribution in [3.63, 3.8) is 0 Å². The van der Waals surface area contributed by atoms with Gasteiger partial charge in [0.25, 0.3) is 0 Å². The zero-order valence-corrected chi connectivity index (χ0v) is 24.6. The molecule has 0 rings (SSSR count). The number of amides is 3. The summed E-state index contributed by atoms with van der Waals surface area (Å²) in [6.45, 7) is 7.39. The molecular weight excluding hydrogens is 510 g/mol. The highest BCUT2D eigenvalue weighted by Gasteiger charge is 2.21. The Morgan fingerprint density at radius 2 is 1.23 bits per heavy atom. The lowest BCUT2D eigenvalue weighted by atomic mass is 10.1. The van der Waals surface area contributed by atoms with Gasteiger partial charge in [0.2, 0.25) is 17.7 Å². The Morgan fingerprint density at radius 3 is 1.49 bits per heavy atom. The third-order valence-corrected chi connectivity index (χ3v) is 3.28. The number of nitrogens with one attached hydrogen (secondary N) is 4. The lowest BCUT2D eigenvalue weighted by Crippen LogP contribution is -2.53. The Morgan fingerprint density at radius 1 is 0.846 bits per heavy atom. The van der Waals surface area contributed by atoms with E-state index in [0.717, 1.165) is 33.0 Å². The normalized spacial score (nSPS) is 10.1. The lowest BCUT2D eigenvalue weighted by Gasteiger charge is -2.19. The van der Waals surface area contributed by atoms with Gasteiger partial charge in [0.1, 0.15) is 17.6 Å². The SMILES string of the molecule is C.CC(C)=O.CNC.CO.NCCCCN.NCN.[3H]NC(=O)[C@H](CNC(=O)[C@H](CCC(C)=O)NC)NC(C)=O. The number of hydrogen-bond donors (Lipinski definition) is 10. The average molecular weight is 574 g/mol. The molecule has 15 N–H and O–H groups in total. The predicted octanol–water partition coefficient (Wildman–Crippen LogP) is -2.73. The number of carbonyl (C=O) groups is 5. The second-order valence-corrected chi connectivity index (χ2v) is 7.37. The predicted molar refractivity (Wildman–Crippen MR) is 159 cm³/mol. The van der Waals surface area contributed by atoms with Crippen LogP contribution in [0.2, 0.25) is 1.41 Å². The quantitative estimate of drug-likeness (QED) is 0.0841. The van der Waals surface area contributed by atoms with Crippen molar-refractivity contribution in [1.29, 1.82) is 0 Å². The number of primary amides is 1. The summed E-state index contributed by atoms with van der Waals surface area (Å²) in [5, 5.41) is 17.4. The highest BCUT2D eigenvalue weighted by atomic mass is 16.2. The molecule has 15 nitrogen and oxygen atoms in total. The van der Waals surface area contributed by atoms with E-state index in [0.29, 0.717) is 6.42 Å². The first-order valence-corrected chi connectivity index (χ1v) is 12.0. The largest absolute Gasteiger partial charge is 0.400 e. The second-order valence-electron chi connectivity index (χ2n) is 7.37. The Hall–Kier alpha value is -2.53. The van der Waals surface area contributed by atoms with Gasteiger partial charge < -0.3 is 64.6 Å². The van der Waals surface area contributed by atoms with Gasteiger partial charge in [-0.3, -0.25) is 14.4 Å². The van der Waals surface area contributed by atoms with E-state index in [2.05, 4.69) is 32.7 Å². The number of likely N-dealkylation sites (N-methyl/N-ethyl adjacent to an activating group) is 1. The topological polar surface area (TPSA) is 284 Å². The molecule has 0 aliphatic carbocycles. The molecule has 0 unspecified atom stereocenters. The van der Waals surface area contributed by atoms with Gasteiger partial charge in [-0.2, -0.15) is 0 Å². The minimum absolute atomic E-state index is 0. The molecule has 0 aromatic heterocycles. The molecule has 0 aromatic rings. The number of aliphatic hydroxyl groups excluding tert-OH is 1. The summed E-state index contributed by atoms with van der Waals surface area (Å²) in [7, 11) is 6.34. The molecule has 0 spiro atoms. The van der Waals surface area contributed by atoms with Gasteiger partial charge in [-0.15, -0.1) is 0 Å². The fourth-order valence-electron chi connectivity index (χ4n) is 1.82. The number of carbonyl (C=O) groups excluding carboxylic acids is 5. The molecule has 15 heteroatoms. The van der Waals surface area contributed by atoms with E-state index < -0.39 is 23.9 Å². The van der Waals surface area contributed by atoms with Crippen LogP contribution in [0.25, 0.3) is 0 Å². The Kier molecular flexibility index (Phi) is 57.5. The number of hydrogen-bond acceptors (Lipinski definition) is 12. The van der Waals surface area contributed by atoms with Crippen LogP contribution in [-0.4, -0.2) is 101 Å². The molecule has 0 heterocycles. The van der Waals surface area contributed by atoms with Gasteiger partial charge in [-0.05, 0) is 74.3 Å². The van der Waals surface area contributed by atoms with Crippen LogP contribution >= 0.6 is 0 Å². The summed E-state index contributed by atoms with van der Waals surface area (Å²) in [4.78, 5) is 54.6. The van der Waals surface area contributed by atoms with E-state index in [1.807, 2.05) is 14.1 Å². The first kappa shape index (κ1) is 49.4. The van der Waals surface area contributed by atoms with Crippen molar-refractivity contribution >= 4 is 29.3 Å². The van der Waals surface area contributed by atoms with Crippen LogP contribution in [0, 0.1) is 0 Å². The molecule has 39 heavy (non-hydrogen) atoms. The zero-order valence-electron chi connectivity index (χ0n) is 25.6. The van der Waals surface area contributed by atoms with Gasteiger partial charge in [0.05, 0.1) is 6.04 Å². The minimum atomic E-state index is -1.02. The smallest absolute Gasteiger partial charge is 0.241 e. The Bertz CT molecular complexity index is 579. The van der Waals surface area contributed by atoms with E-state index in [1.54, 1.807) is 12.8 Å². The summed E-state index contributed by atoms with van der Waals surface area (Å²) in [6, 6.07) is -1.58. The van der Waals surface area contributed by atoms with Crippen molar-refractivity contribution in [3.05, 3.63) is 0 Å². The van der Waals surface area contributed by atoms with E-state index in [9.17, 15) is 24.0 Å². The number of Topliss-reactive ketones (excluding diaryl/α,β-unsaturated/α-hetero) is 2. The molecule has 0 aliphatic heterocycles. The molecule has 0 aliphatic rings. The lowest BCUT2D eigenvalue weighted by molar-refractivity contribution is -0.127. The number of aliphatic hydroxyl groups is 1. The Balaban J connectivity index is -0.0000000936. The number of rotatable bonds is 12. The summed E-state index contributed by atoms with van der Waals surface area (Å²) < 4.78 is 6.79. The minimum Gasteiger partial charge on any atom is -0.400 e. The van der Waals surface area contributed by atoms with Crippen molar-refractivity contribution in [2.24, 2.45) is 28.7 Å². The number of nitrogens with two attached hydrogens (primary N) is 5. The molecular formula is C24H61N9O6. The highest BCUT2D eigenvalue weighted by Crippen LogP contribution is 1.98. The van der Waals surface area contributed by atoms with Crippen LogP contribution < -0.4 is 49.9 Å². The van der Waals surface area contributed by atoms with Crippen LogP contribution in [0.4, 0.5) is 0 Å². The fourth-order valence-corrected chi connectivity index (χ4v) is 1.82. The number of ketones is 2. The molecule has 0 saturated carbocycles. The van der Waals surface area contributed by atoms with Crippen molar-refractivity contribution in [1.82, 2.24) is 21.3 Å². The standard InChI is InChI=1S/C12H22N4O4.C4H12N2.C3H6O.C2H7N.CH6N2.CH4O.CH4/c1-7(17)4-5-9(14-3)12(20)15-6-10(11(13)19)16-8(2)18;5-3-1-2-4-6;1-3(2)4;1-3-2;2-1-3;1-2;/h9-10,14H,4-6H2,1-3H3,(H2,13,19)(H,15,20)(H,16,18);1-6H2;1-2H3;3H,1-2H3;1-3H2;2H,1H3;1H4/t9-,10-;;;;;;/m0....../s1/i/hT. The van der Waals surface area contributed by atoms with E-state index >= 15 is 0 Å². The van der Waals surface area contributed by atoms with E-state index in [4.69, 9.17) is 18.0 Å². The molecule has 0 bridgehead atoms. The van der Waals surface area contributed by atoms with Gasteiger partial charge in [-0.25, -0.2) is 0 Å². The first-order valence-electron chi connectivity index (χ1n) is 12.5. The average Bonchev–Trinajstić information content (AvgIpc) is 2.87. The molecule has 0 fully saturated rings. The maximum atomic E-state index is 11.9. The van der Waals surface area contributed by atoms with Crippen molar-refractivity contribution in [3.8, 4) is 0 Å². The van der Waals surface area contributed by atoms with E-state index in [-0.39, 0.29) is 44.5 Å². The number of unbranched alkanes of at least 4 members (excludes halogenated alkanes) is 1. The molecule has 0 radical (unpaired) electrons. The van der Waals surface area contributed by atoms with Crippen molar-refractivity contribution < 1.29 is 30.5 Å². The Labute approximate surface area is 237 Å². The summed E-state index contributed by atoms with van der Waals surface area (Å²) in [5.41, 5.74) is 21.2. The van der Waals surface area contributed by atoms with Crippen LogP contribution in [0.3, 0.4) is 0 Å². The van der Waals surface area contributed by atoms with Crippen LogP contribution in [0.5, 0.6) is 0 Å². The molecule has 0 aromatic carbocycles. The summed E-state index contributed by atoms with van der Waals surface area (Å²) in [5.74, 6) is -1.41. The van der Waals surface area contributed by atoms with E-state index in [1.165, 1.54) is 27.7 Å². The fraction of sp³-hybridized carbons (Fsp3) is 0.792. The molecule has 0 saturated heterocycles. The third kappa shape index (κ3) is 66.4. The second kappa shape index (κ2) is 45.4. The summed E-state index contributed by atoms with van der Waals surface area (Å²) in [6.07, 6.45) is 2.74. The maximum absolute atomic E-state index is 11.9. The molecule has 2 atom stereocenters. The molecule has 238 valence electrons. The van der Waals surface area contributed by atoms with Gasteiger partial charge in [-0.1, -0.05) is 7.43 Å². The van der Waals surface area contributed by atoms with Crippen LogP contribution in [0.1, 0.15) is 60.8 Å². The van der Waals surface area contributed by atoms with Crippen LogP contribution in [-0.2, 0) is 24.0 Å².